The topological polar surface area (TPSA) is 132 Å². The summed E-state index contributed by atoms with van der Waals surface area (Å²) in [5.41, 5.74) is 18.5. The Balaban J connectivity index is 0.000000107. The minimum Gasteiger partial charge on any atom is -0.390 e. The lowest BCUT2D eigenvalue weighted by Gasteiger charge is -2.60. The van der Waals surface area contributed by atoms with Gasteiger partial charge in [-0.05, 0) is 368 Å². The Morgan fingerprint density at radius 2 is 0.536 bits per heavy atom. The molecule has 110 heavy (non-hydrogen) atoms. The first-order valence-corrected chi connectivity index (χ1v) is 44.7. The number of hydrogen-bond acceptors (Lipinski definition) is 8. The zero-order valence-corrected chi connectivity index (χ0v) is 69.6. The predicted octanol–water partition coefficient (Wildman–Crippen LogP) is 23.9. The first-order valence-electron chi connectivity index (χ1n) is 44.7. The van der Waals surface area contributed by atoms with Gasteiger partial charge in [-0.2, -0.15) is 0 Å². The molecule has 24 atom stereocenters. The van der Waals surface area contributed by atoms with Crippen molar-refractivity contribution >= 4 is 22.3 Å². The van der Waals surface area contributed by atoms with E-state index in [1.807, 2.05) is 49.6 Å². The van der Waals surface area contributed by atoms with Crippen LogP contribution in [0, 0.1) is 114 Å². The fourth-order valence-corrected chi connectivity index (χ4v) is 29.9. The van der Waals surface area contributed by atoms with Crippen molar-refractivity contribution in [1.29, 1.82) is 0 Å². The molecule has 0 amide bonds. The quantitative estimate of drug-likeness (QED) is 0.150. The molecule has 0 spiro atoms. The number of aromatic nitrogens is 4. The highest BCUT2D eigenvalue weighted by molar-refractivity contribution is 5.81. The highest BCUT2D eigenvalue weighted by Crippen LogP contribution is 2.72. The summed E-state index contributed by atoms with van der Waals surface area (Å²) < 4.78 is 0. The molecule has 0 radical (unpaired) electrons. The van der Waals surface area contributed by atoms with E-state index >= 15 is 0 Å². The Labute approximate surface area is 662 Å². The van der Waals surface area contributed by atoms with Crippen LogP contribution >= 0.6 is 0 Å². The van der Waals surface area contributed by atoms with E-state index in [0.717, 1.165) is 112 Å². The van der Waals surface area contributed by atoms with Gasteiger partial charge < -0.3 is 20.4 Å². The third-order valence-corrected chi connectivity index (χ3v) is 36.9. The first-order chi connectivity index (χ1) is 52.5. The van der Waals surface area contributed by atoms with Gasteiger partial charge in [-0.25, -0.2) is 0 Å². The van der Waals surface area contributed by atoms with Crippen molar-refractivity contribution in [2.75, 3.05) is 0 Å². The minimum absolute atomic E-state index is 0.187. The molecule has 12 saturated carbocycles. The van der Waals surface area contributed by atoms with Gasteiger partial charge >= 0.3 is 0 Å². The Morgan fingerprint density at radius 1 is 0.291 bits per heavy atom. The van der Waals surface area contributed by atoms with E-state index in [-0.39, 0.29) is 21.7 Å². The summed E-state index contributed by atoms with van der Waals surface area (Å²) in [4.78, 5) is 17.5. The molecule has 4 unspecified atom stereocenters. The molecule has 4 N–H and O–H groups in total. The summed E-state index contributed by atoms with van der Waals surface area (Å²) >= 11 is 0. The zero-order valence-electron chi connectivity index (χ0n) is 69.6. The third-order valence-electron chi connectivity index (χ3n) is 36.9. The van der Waals surface area contributed by atoms with E-state index in [0.29, 0.717) is 45.3 Å². The molecule has 588 valence electrons. The van der Waals surface area contributed by atoms with E-state index in [1.54, 1.807) is 22.3 Å². The van der Waals surface area contributed by atoms with Gasteiger partial charge in [0.25, 0.3) is 0 Å². The number of pyridine rings is 4. The van der Waals surface area contributed by atoms with Crippen molar-refractivity contribution in [3.05, 3.63) is 191 Å². The van der Waals surface area contributed by atoms with Crippen LogP contribution in [-0.2, 0) is 0 Å². The molecule has 0 aromatic carbocycles. The smallest absolute Gasteiger partial charge is 0.0648 e. The second-order valence-corrected chi connectivity index (χ2v) is 42.2. The van der Waals surface area contributed by atoms with Crippen LogP contribution in [0.1, 0.15) is 298 Å². The number of aliphatic hydroxyl groups is 4. The Hall–Kier alpha value is -5.64. The SMILES string of the molecule is CC[C@@]1(O)CC[C@@]2(C)C(CC[C@H]3C4=CC=C(c5cccnc5)[C@@]4(C)CC[C@@H]32)C1.CC[C@]1(O)CC[C@@]2(C)C(CC[C@H]3C4=CC=C(c5cccnc5)[C@@]4(C)CC[C@@H]32)C1.C[C@@]1(O)CC[C@@]2(C)C(CC[C@H]3C4=CC=C(c5cccnc5)[C@@]4(C)CC[C@@H]32)C1.C[C@]1(O)CC[C@@]2(C)C(CC[C@H]3C4=CC=C(c5cccnc5)[C@@]4(C)CC[C@@H]32)C1. The summed E-state index contributed by atoms with van der Waals surface area (Å²) in [6.07, 6.45) is 70.3. The Bertz CT molecular complexity index is 4100. The van der Waals surface area contributed by atoms with Crippen molar-refractivity contribution in [3.8, 4) is 0 Å². The predicted molar refractivity (Wildman–Crippen MR) is 449 cm³/mol. The molecule has 0 saturated heterocycles. The summed E-state index contributed by atoms with van der Waals surface area (Å²) in [6, 6.07) is 17.1. The lowest BCUT2D eigenvalue weighted by Crippen LogP contribution is -2.54. The maximum absolute atomic E-state index is 11.0. The van der Waals surface area contributed by atoms with Crippen LogP contribution in [0.5, 0.6) is 0 Å². The van der Waals surface area contributed by atoms with Gasteiger partial charge in [0.05, 0.1) is 22.4 Å². The molecule has 20 rings (SSSR count). The first kappa shape index (κ1) is 77.0. The second kappa shape index (κ2) is 28.1. The number of rotatable bonds is 6. The van der Waals surface area contributed by atoms with Crippen molar-refractivity contribution in [3.63, 3.8) is 0 Å². The molecule has 16 aliphatic rings. The molecule has 0 bridgehead atoms. The van der Waals surface area contributed by atoms with Gasteiger partial charge in [0.2, 0.25) is 0 Å². The number of allylic oxidation sites excluding steroid dienone is 16. The lowest BCUT2D eigenvalue weighted by atomic mass is 9.45. The van der Waals surface area contributed by atoms with Gasteiger partial charge in [0.1, 0.15) is 0 Å². The van der Waals surface area contributed by atoms with Crippen LogP contribution in [0.3, 0.4) is 0 Å². The minimum atomic E-state index is -0.443. The molecule has 0 aliphatic heterocycles. The molecule has 4 heterocycles. The van der Waals surface area contributed by atoms with Crippen LogP contribution in [-0.4, -0.2) is 62.8 Å². The van der Waals surface area contributed by atoms with Crippen LogP contribution in [0.2, 0.25) is 0 Å². The molecular formula is C102H136N4O4. The summed E-state index contributed by atoms with van der Waals surface area (Å²) in [5.74, 6) is 8.81. The van der Waals surface area contributed by atoms with Gasteiger partial charge in [0.15, 0.2) is 0 Å². The van der Waals surface area contributed by atoms with E-state index in [1.165, 1.54) is 173 Å². The highest BCUT2D eigenvalue weighted by Gasteiger charge is 2.63. The van der Waals surface area contributed by atoms with E-state index in [9.17, 15) is 20.4 Å². The van der Waals surface area contributed by atoms with Crippen LogP contribution < -0.4 is 0 Å². The number of hydrogen-bond donors (Lipinski definition) is 4. The van der Waals surface area contributed by atoms with Crippen molar-refractivity contribution in [1.82, 2.24) is 19.9 Å². The Kier molecular flexibility index (Phi) is 19.7. The maximum atomic E-state index is 11.0. The van der Waals surface area contributed by atoms with Crippen molar-refractivity contribution in [2.45, 2.75) is 298 Å². The number of nitrogens with zero attached hydrogens (tertiary/aromatic N) is 4. The fraction of sp³-hybridized carbons (Fsp3) is 0.647. The summed E-state index contributed by atoms with van der Waals surface area (Å²) in [5, 5.41) is 43.2. The standard InChI is InChI=1S/2C26H35NO.2C25H33NO/c2*1-4-26(28)14-13-24(2)19(16-26)7-8-20-22-10-9-21(18-6-5-15-27-17-18)25(22,3)12-11-23(20)24;2*1-23(27)12-13-24(2)18(15-23)6-7-19-21-9-8-20(17-5-4-14-26-16-17)25(21,3)11-10-22(19)24/h2*5-6,9-10,15,17,19-20,23,28H,4,7-8,11-14,16H2,1-3H3;2*4-5,8-9,14,16,18-19,22,27H,6-7,10-13,15H2,1-3H3/t19?,20-,23-,24-,25+,26+;19?,20-,23-,24-,25+,26-;18?,19-,22-,23+,24-,25+;18?,19-,22-,23-,24-,25+/m0000/s1. The normalized spacial score (nSPS) is 45.4. The van der Waals surface area contributed by atoms with E-state index < -0.39 is 22.4 Å². The van der Waals surface area contributed by atoms with Crippen molar-refractivity contribution < 1.29 is 20.4 Å². The molecule has 16 aliphatic carbocycles. The van der Waals surface area contributed by atoms with Crippen LogP contribution in [0.4, 0.5) is 0 Å². The van der Waals surface area contributed by atoms with Crippen LogP contribution in [0.25, 0.3) is 22.3 Å². The number of fused-ring (bicyclic) bond motifs is 20. The molecule has 4 aromatic heterocycles. The molecule has 4 aromatic rings. The summed E-state index contributed by atoms with van der Waals surface area (Å²) in [6.45, 7) is 28.6. The molecule has 8 nitrogen and oxygen atoms in total. The van der Waals surface area contributed by atoms with Gasteiger partial charge in [-0.1, -0.05) is 164 Å². The fourth-order valence-electron chi connectivity index (χ4n) is 29.9. The van der Waals surface area contributed by atoms with E-state index in [4.69, 9.17) is 0 Å². The monoisotopic (exact) mass is 1480 g/mol. The van der Waals surface area contributed by atoms with E-state index in [2.05, 4.69) is 200 Å². The molecule has 12 fully saturated rings. The average Bonchev–Trinajstić information content (AvgIpc) is 1.38. The molecular weight excluding hydrogens is 1350 g/mol. The Morgan fingerprint density at radius 3 is 0.773 bits per heavy atom. The lowest BCUT2D eigenvalue weighted by molar-refractivity contribution is -0.121. The van der Waals surface area contributed by atoms with Crippen LogP contribution in [0.15, 0.2) is 169 Å². The van der Waals surface area contributed by atoms with Gasteiger partial charge in [-0.15, -0.1) is 0 Å². The second-order valence-electron chi connectivity index (χ2n) is 42.2. The van der Waals surface area contributed by atoms with Gasteiger partial charge in [0, 0.05) is 71.2 Å². The average molecular weight is 1480 g/mol. The maximum Gasteiger partial charge on any atom is 0.0648 e. The molecule has 8 heteroatoms. The van der Waals surface area contributed by atoms with Crippen molar-refractivity contribution in [2.24, 2.45) is 114 Å². The zero-order chi connectivity index (χ0) is 76.9. The summed E-state index contributed by atoms with van der Waals surface area (Å²) in [7, 11) is 0. The third kappa shape index (κ3) is 12.6. The largest absolute Gasteiger partial charge is 0.390 e. The van der Waals surface area contributed by atoms with Gasteiger partial charge in [-0.3, -0.25) is 19.9 Å². The highest BCUT2D eigenvalue weighted by atomic mass is 16.3.